The van der Waals surface area contributed by atoms with E-state index in [1.165, 1.54) is 0 Å². The monoisotopic (exact) mass is 319 g/mol. The first-order valence-corrected chi connectivity index (χ1v) is 7.28. The molecular weight excluding hydrogens is 302 g/mol. The van der Waals surface area contributed by atoms with Crippen LogP contribution in [0.2, 0.25) is 5.02 Å². The molecule has 0 bridgehead atoms. The molecule has 1 aromatic carbocycles. The fraction of sp³-hybridized carbons (Fsp3) is 0.250. The summed E-state index contributed by atoms with van der Waals surface area (Å²) in [6.07, 6.45) is 1.61. The van der Waals surface area contributed by atoms with E-state index in [9.17, 15) is 4.79 Å². The van der Waals surface area contributed by atoms with Crippen molar-refractivity contribution in [3.8, 4) is 0 Å². The van der Waals surface area contributed by atoms with Gasteiger partial charge in [-0.05, 0) is 29.8 Å². The molecule has 2 rings (SSSR count). The second-order valence-corrected chi connectivity index (χ2v) is 5.09. The van der Waals surface area contributed by atoms with Gasteiger partial charge in [0, 0.05) is 37.0 Å². The van der Waals surface area contributed by atoms with Crippen LogP contribution < -0.4 is 10.6 Å². The molecule has 5 nitrogen and oxygen atoms in total. The highest BCUT2D eigenvalue weighted by molar-refractivity contribution is 6.30. The summed E-state index contributed by atoms with van der Waals surface area (Å²) in [4.78, 5) is 16.2. The predicted octanol–water partition coefficient (Wildman–Crippen LogP) is 2.72. The summed E-state index contributed by atoms with van der Waals surface area (Å²) in [5, 5.41) is 6.66. The number of ether oxygens (including phenoxy) is 1. The molecule has 0 saturated heterocycles. The summed E-state index contributed by atoms with van der Waals surface area (Å²) in [7, 11) is 1.59. The van der Waals surface area contributed by atoms with Gasteiger partial charge in [-0.2, -0.15) is 0 Å². The lowest BCUT2D eigenvalue weighted by Gasteiger charge is -2.08. The maximum absolute atomic E-state index is 11.9. The van der Waals surface area contributed by atoms with E-state index in [1.807, 2.05) is 24.3 Å². The number of amides is 1. The molecule has 116 valence electrons. The lowest BCUT2D eigenvalue weighted by atomic mass is 10.2. The number of anilines is 1. The Labute approximate surface area is 134 Å². The van der Waals surface area contributed by atoms with Crippen LogP contribution in [0.15, 0.2) is 42.6 Å². The third-order valence-corrected chi connectivity index (χ3v) is 3.25. The Hall–Kier alpha value is -2.11. The quantitative estimate of drug-likeness (QED) is 0.770. The fourth-order valence-electron chi connectivity index (χ4n) is 1.83. The van der Waals surface area contributed by atoms with Crippen molar-refractivity contribution in [2.45, 2.75) is 6.54 Å². The lowest BCUT2D eigenvalue weighted by molar-refractivity contribution is 0.0937. The number of halogens is 1. The van der Waals surface area contributed by atoms with Crippen molar-refractivity contribution >= 4 is 23.3 Å². The van der Waals surface area contributed by atoms with Gasteiger partial charge in [0.15, 0.2) is 0 Å². The first-order valence-electron chi connectivity index (χ1n) is 6.90. The normalized spacial score (nSPS) is 10.3. The molecule has 0 radical (unpaired) electrons. The molecule has 1 heterocycles. The number of pyridine rings is 1. The number of hydrogen-bond donors (Lipinski definition) is 2. The Morgan fingerprint density at radius 3 is 2.77 bits per heavy atom. The predicted molar refractivity (Wildman–Crippen MR) is 87.2 cm³/mol. The van der Waals surface area contributed by atoms with Crippen molar-refractivity contribution in [1.29, 1.82) is 0 Å². The molecule has 22 heavy (non-hydrogen) atoms. The Morgan fingerprint density at radius 2 is 2.05 bits per heavy atom. The molecular formula is C16H18ClN3O2. The molecule has 1 amide bonds. The highest BCUT2D eigenvalue weighted by atomic mass is 35.5. The van der Waals surface area contributed by atoms with Gasteiger partial charge in [0.1, 0.15) is 5.82 Å². The molecule has 6 heteroatoms. The second kappa shape index (κ2) is 8.36. The fourth-order valence-corrected chi connectivity index (χ4v) is 1.96. The van der Waals surface area contributed by atoms with Crippen molar-refractivity contribution < 1.29 is 9.53 Å². The number of aromatic nitrogens is 1. The minimum absolute atomic E-state index is 0.144. The highest BCUT2D eigenvalue weighted by Gasteiger charge is 2.06. The molecule has 0 aliphatic heterocycles. The molecule has 2 aromatic rings. The van der Waals surface area contributed by atoms with Crippen molar-refractivity contribution in [2.24, 2.45) is 0 Å². The van der Waals surface area contributed by atoms with E-state index in [2.05, 4.69) is 15.6 Å². The van der Waals surface area contributed by atoms with Crippen LogP contribution in [-0.2, 0) is 11.3 Å². The van der Waals surface area contributed by atoms with Gasteiger partial charge < -0.3 is 15.4 Å². The molecule has 0 aliphatic carbocycles. The summed E-state index contributed by atoms with van der Waals surface area (Å²) in [6.45, 7) is 1.57. The summed E-state index contributed by atoms with van der Waals surface area (Å²) < 4.78 is 4.90. The number of rotatable bonds is 7. The number of benzene rings is 1. The standard InChI is InChI=1S/C16H18ClN3O2/c1-22-9-8-19-16(21)13-6-7-18-15(10-13)20-11-12-2-4-14(17)5-3-12/h2-7,10H,8-9,11H2,1H3,(H,18,20)(H,19,21). The van der Waals surface area contributed by atoms with Gasteiger partial charge in [-0.15, -0.1) is 0 Å². The molecule has 0 unspecified atom stereocenters. The van der Waals surface area contributed by atoms with Gasteiger partial charge in [-0.25, -0.2) is 4.98 Å². The first-order chi connectivity index (χ1) is 10.7. The Kier molecular flexibility index (Phi) is 6.18. The summed E-state index contributed by atoms with van der Waals surface area (Å²) in [5.74, 6) is 0.503. The summed E-state index contributed by atoms with van der Waals surface area (Å²) in [6, 6.07) is 11.0. The summed E-state index contributed by atoms with van der Waals surface area (Å²) >= 11 is 5.85. The minimum Gasteiger partial charge on any atom is -0.383 e. The second-order valence-electron chi connectivity index (χ2n) is 4.66. The van der Waals surface area contributed by atoms with Crippen LogP contribution in [0, 0.1) is 0 Å². The third kappa shape index (κ3) is 5.02. The van der Waals surface area contributed by atoms with Gasteiger partial charge in [0.2, 0.25) is 0 Å². The zero-order valence-corrected chi connectivity index (χ0v) is 13.1. The largest absolute Gasteiger partial charge is 0.383 e. The van der Waals surface area contributed by atoms with Crippen LogP contribution in [0.1, 0.15) is 15.9 Å². The number of methoxy groups -OCH3 is 1. The van der Waals surface area contributed by atoms with Crippen molar-refractivity contribution in [3.63, 3.8) is 0 Å². The maximum Gasteiger partial charge on any atom is 0.251 e. The Morgan fingerprint density at radius 1 is 1.27 bits per heavy atom. The number of nitrogens with one attached hydrogen (secondary N) is 2. The van der Waals surface area contributed by atoms with E-state index >= 15 is 0 Å². The number of carbonyl (C=O) groups is 1. The van der Waals surface area contributed by atoms with E-state index in [-0.39, 0.29) is 5.91 Å². The molecule has 0 aliphatic rings. The molecule has 0 saturated carbocycles. The van der Waals surface area contributed by atoms with Crippen LogP contribution in [0.25, 0.3) is 0 Å². The van der Waals surface area contributed by atoms with Gasteiger partial charge in [0.05, 0.1) is 6.61 Å². The Balaban J connectivity index is 1.93. The van der Waals surface area contributed by atoms with E-state index in [0.29, 0.717) is 36.1 Å². The highest BCUT2D eigenvalue weighted by Crippen LogP contribution is 2.12. The lowest BCUT2D eigenvalue weighted by Crippen LogP contribution is -2.27. The molecule has 0 fully saturated rings. The Bertz CT molecular complexity index is 617. The topological polar surface area (TPSA) is 63.2 Å². The third-order valence-electron chi connectivity index (χ3n) is 3.00. The van der Waals surface area contributed by atoms with Crippen LogP contribution in [-0.4, -0.2) is 31.2 Å². The summed E-state index contributed by atoms with van der Waals surface area (Å²) in [5.41, 5.74) is 1.64. The van der Waals surface area contributed by atoms with Gasteiger partial charge in [-0.1, -0.05) is 23.7 Å². The van der Waals surface area contributed by atoms with E-state index in [4.69, 9.17) is 16.3 Å². The van der Waals surface area contributed by atoms with E-state index in [1.54, 1.807) is 25.4 Å². The minimum atomic E-state index is -0.144. The molecule has 0 spiro atoms. The van der Waals surface area contributed by atoms with Crippen LogP contribution in [0.4, 0.5) is 5.82 Å². The average molecular weight is 320 g/mol. The zero-order chi connectivity index (χ0) is 15.8. The number of nitrogens with zero attached hydrogens (tertiary/aromatic N) is 1. The van der Waals surface area contributed by atoms with Crippen LogP contribution in [0.3, 0.4) is 0 Å². The van der Waals surface area contributed by atoms with E-state index < -0.39 is 0 Å². The van der Waals surface area contributed by atoms with Crippen molar-refractivity contribution in [2.75, 3.05) is 25.6 Å². The smallest absolute Gasteiger partial charge is 0.251 e. The molecule has 0 atom stereocenters. The molecule has 2 N–H and O–H groups in total. The van der Waals surface area contributed by atoms with Crippen LogP contribution >= 0.6 is 11.6 Å². The van der Waals surface area contributed by atoms with Gasteiger partial charge in [-0.3, -0.25) is 4.79 Å². The van der Waals surface area contributed by atoms with Gasteiger partial charge >= 0.3 is 0 Å². The number of hydrogen-bond acceptors (Lipinski definition) is 4. The van der Waals surface area contributed by atoms with E-state index in [0.717, 1.165) is 5.56 Å². The molecule has 1 aromatic heterocycles. The zero-order valence-electron chi connectivity index (χ0n) is 12.3. The van der Waals surface area contributed by atoms with Gasteiger partial charge in [0.25, 0.3) is 5.91 Å². The number of carbonyl (C=O) groups excluding carboxylic acids is 1. The average Bonchev–Trinajstić information content (AvgIpc) is 2.55. The van der Waals surface area contributed by atoms with Crippen molar-refractivity contribution in [1.82, 2.24) is 10.3 Å². The van der Waals surface area contributed by atoms with Crippen LogP contribution in [0.5, 0.6) is 0 Å². The first kappa shape index (κ1) is 16.3. The van der Waals surface area contributed by atoms with Crippen molar-refractivity contribution in [3.05, 3.63) is 58.7 Å². The SMILES string of the molecule is COCCNC(=O)c1ccnc(NCc2ccc(Cl)cc2)c1. The maximum atomic E-state index is 11.9.